The molecule has 3 fully saturated rings. The molecule has 2 saturated carbocycles. The van der Waals surface area contributed by atoms with E-state index in [1.807, 2.05) is 97.9 Å². The normalized spacial score (nSPS) is 14.6. The van der Waals surface area contributed by atoms with Gasteiger partial charge in [0.15, 0.2) is 0 Å². The predicted octanol–water partition coefficient (Wildman–Crippen LogP) is 10.8. The molecule has 2 aromatic carbocycles. The molecule has 11 rings (SSSR count). The molecule has 0 radical (unpaired) electrons. The van der Waals surface area contributed by atoms with Gasteiger partial charge in [-0.05, 0) is 181 Å². The molecule has 0 bridgehead atoms. The lowest BCUT2D eigenvalue weighted by Gasteiger charge is -2.32. The van der Waals surface area contributed by atoms with Gasteiger partial charge in [-0.3, -0.25) is 29.0 Å². The lowest BCUT2D eigenvalue weighted by atomic mass is 9.79. The molecule has 4 amide bonds. The molecule has 0 atom stereocenters. The molecule has 7 heterocycles. The zero-order chi connectivity index (χ0) is 57.0. The van der Waals surface area contributed by atoms with Crippen LogP contribution in [0.15, 0.2) is 139 Å². The Morgan fingerprint density at radius 1 is 0.610 bits per heavy atom. The molecule has 6 aromatic heterocycles. The van der Waals surface area contributed by atoms with Crippen LogP contribution >= 0.6 is 15.9 Å². The van der Waals surface area contributed by atoms with E-state index >= 15 is 0 Å². The second-order valence-corrected chi connectivity index (χ2v) is 22.3. The zero-order valence-electron chi connectivity index (χ0n) is 45.7. The highest BCUT2D eigenvalue weighted by molar-refractivity contribution is 9.10. The number of pyridine rings is 4. The van der Waals surface area contributed by atoms with Gasteiger partial charge in [-0.1, -0.05) is 39.1 Å². The lowest BCUT2D eigenvalue weighted by molar-refractivity contribution is 0.00578. The SMILES string of the molecule is C.C.CC(C)NC(=O)c1ccc(-c2cnn3ccc(C(=O)N(c4ccc(C#N)cn4)C4CC4)cc23)cc1.CC(C)NC(=O)c1ccc(B2OC(C)(C)C(C)(C)O2)cc1.N#Cc1ccc(N(C(=O)c2ccn3ncc(Br)c3c2)C2CC2)nc1. The van der Waals surface area contributed by atoms with Gasteiger partial charge in [-0.15, -0.1) is 0 Å². The molecular formula is C62H68BBrN12O6. The molecule has 0 spiro atoms. The summed E-state index contributed by atoms with van der Waals surface area (Å²) < 4.78 is 16.3. The Morgan fingerprint density at radius 3 is 1.45 bits per heavy atom. The second-order valence-electron chi connectivity index (χ2n) is 21.4. The van der Waals surface area contributed by atoms with Crippen molar-refractivity contribution >= 4 is 74.8 Å². The minimum Gasteiger partial charge on any atom is -0.399 e. The van der Waals surface area contributed by atoms with Crippen LogP contribution in [0.5, 0.6) is 0 Å². The van der Waals surface area contributed by atoms with Crippen LogP contribution in [-0.2, 0) is 9.31 Å². The van der Waals surface area contributed by atoms with Gasteiger partial charge in [0, 0.05) is 76.8 Å². The number of aromatic nitrogens is 6. The minimum absolute atomic E-state index is 0. The Hall–Kier alpha value is -8.56. The van der Waals surface area contributed by atoms with Crippen LogP contribution in [0.3, 0.4) is 0 Å². The molecule has 3 aliphatic rings. The smallest absolute Gasteiger partial charge is 0.399 e. The number of benzene rings is 2. The van der Waals surface area contributed by atoms with E-state index in [1.54, 1.807) is 104 Å². The van der Waals surface area contributed by atoms with E-state index in [9.17, 15) is 19.2 Å². The van der Waals surface area contributed by atoms with Gasteiger partial charge in [0.25, 0.3) is 23.6 Å². The van der Waals surface area contributed by atoms with Crippen molar-refractivity contribution in [1.82, 2.24) is 39.8 Å². The van der Waals surface area contributed by atoms with E-state index in [-0.39, 0.29) is 73.9 Å². The fraction of sp³-hybridized carbons (Fsp3) is 0.323. The highest BCUT2D eigenvalue weighted by Gasteiger charge is 2.51. The maximum atomic E-state index is 13.5. The topological polar surface area (TPSA) is 225 Å². The number of carbonyl (C=O) groups is 4. The fourth-order valence-electron chi connectivity index (χ4n) is 8.73. The van der Waals surface area contributed by atoms with Crippen LogP contribution in [0.4, 0.5) is 11.6 Å². The van der Waals surface area contributed by atoms with E-state index < -0.39 is 7.12 Å². The zero-order valence-corrected chi connectivity index (χ0v) is 47.3. The first-order valence-electron chi connectivity index (χ1n) is 26.4. The lowest BCUT2D eigenvalue weighted by Crippen LogP contribution is -2.41. The molecule has 1 aliphatic heterocycles. The number of nitriles is 2. The van der Waals surface area contributed by atoms with Crippen molar-refractivity contribution < 1.29 is 28.5 Å². The number of halogens is 1. The Labute approximate surface area is 487 Å². The summed E-state index contributed by atoms with van der Waals surface area (Å²) in [4.78, 5) is 62.8. The number of nitrogens with one attached hydrogen (secondary N) is 2. The third kappa shape index (κ3) is 13.8. The van der Waals surface area contributed by atoms with Crippen LogP contribution in [0.1, 0.15) is 148 Å². The van der Waals surface area contributed by atoms with Crippen LogP contribution in [0.2, 0.25) is 0 Å². The minimum atomic E-state index is -0.391. The molecular weight excluding hydrogens is 1100 g/mol. The highest BCUT2D eigenvalue weighted by Crippen LogP contribution is 2.37. The average molecular weight is 1170 g/mol. The first kappa shape index (κ1) is 61.1. The van der Waals surface area contributed by atoms with Crippen molar-refractivity contribution in [2.45, 2.75) is 131 Å². The number of fused-ring (bicyclic) bond motifs is 2. The summed E-state index contributed by atoms with van der Waals surface area (Å²) in [6.07, 6.45) is 13.7. The van der Waals surface area contributed by atoms with E-state index in [4.69, 9.17) is 19.8 Å². The molecule has 8 aromatic rings. The molecule has 2 N–H and O–H groups in total. The summed E-state index contributed by atoms with van der Waals surface area (Å²) in [6, 6.07) is 33.3. The summed E-state index contributed by atoms with van der Waals surface area (Å²) in [5, 5.41) is 32.3. The fourth-order valence-corrected chi connectivity index (χ4v) is 9.12. The summed E-state index contributed by atoms with van der Waals surface area (Å²) in [5.74, 6) is 0.709. The Balaban J connectivity index is 0.000000182. The van der Waals surface area contributed by atoms with Crippen LogP contribution in [-0.4, -0.2) is 95.3 Å². The van der Waals surface area contributed by atoms with Crippen LogP contribution in [0, 0.1) is 22.7 Å². The van der Waals surface area contributed by atoms with Crippen molar-refractivity contribution in [2.75, 3.05) is 9.80 Å². The number of amides is 4. The van der Waals surface area contributed by atoms with Crippen molar-refractivity contribution in [1.29, 1.82) is 10.5 Å². The van der Waals surface area contributed by atoms with E-state index in [2.05, 4.69) is 52.8 Å². The molecule has 18 nitrogen and oxygen atoms in total. The summed E-state index contributed by atoms with van der Waals surface area (Å²) in [5.41, 5.74) is 6.89. The number of carbonyl (C=O) groups excluding carboxylic acids is 4. The molecule has 2 aliphatic carbocycles. The average Bonchev–Trinajstić information content (AvgIpc) is 4.53. The summed E-state index contributed by atoms with van der Waals surface area (Å²) in [6.45, 7) is 15.8. The van der Waals surface area contributed by atoms with Crippen molar-refractivity contribution in [3.63, 3.8) is 0 Å². The Kier molecular flexibility index (Phi) is 19.0. The predicted molar refractivity (Wildman–Crippen MR) is 322 cm³/mol. The first-order chi connectivity index (χ1) is 38.2. The largest absolute Gasteiger partial charge is 0.494 e. The van der Waals surface area contributed by atoms with E-state index in [1.165, 1.54) is 12.4 Å². The molecule has 20 heteroatoms. The Bertz CT molecular complexity index is 3660. The number of rotatable bonds is 12. The van der Waals surface area contributed by atoms with Gasteiger partial charge in [0.05, 0.1) is 50.2 Å². The van der Waals surface area contributed by atoms with Gasteiger partial charge < -0.3 is 19.9 Å². The van der Waals surface area contributed by atoms with Gasteiger partial charge in [0.2, 0.25) is 0 Å². The van der Waals surface area contributed by atoms with Crippen LogP contribution < -0.4 is 25.9 Å². The summed E-state index contributed by atoms with van der Waals surface area (Å²) in [7, 11) is -0.391. The summed E-state index contributed by atoms with van der Waals surface area (Å²) >= 11 is 3.44. The molecule has 1 saturated heterocycles. The highest BCUT2D eigenvalue weighted by atomic mass is 79.9. The van der Waals surface area contributed by atoms with Gasteiger partial charge >= 0.3 is 7.12 Å². The Morgan fingerprint density at radius 2 is 1.04 bits per heavy atom. The van der Waals surface area contributed by atoms with Crippen molar-refractivity contribution in [2.24, 2.45) is 0 Å². The number of nitrogens with zero attached hydrogens (tertiary/aromatic N) is 10. The van der Waals surface area contributed by atoms with Gasteiger partial charge in [-0.2, -0.15) is 20.7 Å². The number of anilines is 2. The standard InChI is InChI=1S/C27H24N6O2.C17H12BrN5O.C16H24BNO3.2CH4/c1-17(2)31-26(34)20-6-4-19(5-7-20)23-16-30-32-12-11-21(13-24(23)32)27(35)33(22-8-9-22)25-10-3-18(14-28)15-29-25;18-14-10-21-22-6-5-12(7-15(14)22)17(24)23(13-2-3-13)16-4-1-11(8-19)9-20-16;1-11(2)18-14(19)12-7-9-13(10-8-12)17-20-15(3,4)16(5,6)21-17;;/h3-7,10-13,15-17,22H,8-9H2,1-2H3,(H,31,34);1,4-7,9-10,13H,2-3H2;7-11H,1-6H3,(H,18,19);2*1H4. The van der Waals surface area contributed by atoms with E-state index in [0.29, 0.717) is 45.0 Å². The molecule has 0 unspecified atom stereocenters. The monoisotopic (exact) mass is 1170 g/mol. The quantitative estimate of drug-likeness (QED) is 0.109. The maximum Gasteiger partial charge on any atom is 0.494 e. The van der Waals surface area contributed by atoms with Crippen LogP contribution in [0.25, 0.3) is 22.2 Å². The van der Waals surface area contributed by atoms with E-state index in [0.717, 1.165) is 57.8 Å². The second kappa shape index (κ2) is 25.5. The molecule has 422 valence electrons. The first-order valence-corrected chi connectivity index (χ1v) is 27.2. The third-order valence-corrected chi connectivity index (χ3v) is 14.6. The van der Waals surface area contributed by atoms with Gasteiger partial charge in [-0.25, -0.2) is 19.0 Å². The van der Waals surface area contributed by atoms with Crippen molar-refractivity contribution in [3.05, 3.63) is 172 Å². The van der Waals surface area contributed by atoms with Crippen molar-refractivity contribution in [3.8, 4) is 23.3 Å². The number of hydrogen-bond acceptors (Lipinski definition) is 12. The third-order valence-electron chi connectivity index (χ3n) is 14.0. The number of hydrogen-bond donors (Lipinski definition) is 2. The van der Waals surface area contributed by atoms with Gasteiger partial charge in [0.1, 0.15) is 23.8 Å². The molecule has 82 heavy (non-hydrogen) atoms. The maximum absolute atomic E-state index is 13.5.